The normalized spacial score (nSPS) is 14.7. The minimum absolute atomic E-state index is 0.0396. The number of unbranched alkanes of at least 4 members (excludes halogenated alkanes) is 15. The summed E-state index contributed by atoms with van der Waals surface area (Å²) in [4.78, 5) is 22.5. The van der Waals surface area contributed by atoms with Gasteiger partial charge in [-0.05, 0) is 51.4 Å². The van der Waals surface area contributed by atoms with E-state index < -0.39 is 39.2 Å². The summed E-state index contributed by atoms with van der Waals surface area (Å²) in [6, 6.07) is 0. The smallest absolute Gasteiger partial charge is 0.457 e. The average molecular weight is 729 g/mol. The number of allylic oxidation sites excluding steroid dienone is 8. The standard InChI is InChI=1S/C40H73O9P/c1-3-5-7-9-11-13-15-17-18-19-20-21-22-24-26-28-30-32-40(43)49-39(37-48-50(44,45)47-35-38(42)34-41)36-46-33-31-29-27-25-23-16-14-12-10-8-6-4-2/h5,7,11,13,17-18,20-21,38-39,41-42H,3-4,6,8-10,12,14-16,19,22-37H2,1-2H3,(H,44,45)/b7-5-,13-11-,18-17-,21-20-. The Hall–Kier alpha value is -1.58. The van der Waals surface area contributed by atoms with Crippen molar-refractivity contribution in [3.63, 3.8) is 0 Å². The highest BCUT2D eigenvalue weighted by Crippen LogP contribution is 2.43. The number of aliphatic hydroxyl groups is 2. The third kappa shape index (κ3) is 36.2. The van der Waals surface area contributed by atoms with Crippen LogP contribution in [-0.4, -0.2) is 66.3 Å². The molecule has 0 aromatic carbocycles. The van der Waals surface area contributed by atoms with Crippen LogP contribution in [0, 0.1) is 0 Å². The molecule has 3 N–H and O–H groups in total. The summed E-state index contributed by atoms with van der Waals surface area (Å²) >= 11 is 0. The summed E-state index contributed by atoms with van der Waals surface area (Å²) in [5, 5.41) is 18.3. The molecule has 0 aliphatic rings. The lowest BCUT2D eigenvalue weighted by molar-refractivity contribution is -0.154. The SMILES string of the molecule is CC/C=C\C/C=C\C/C=C\C/C=C\CCCCCCC(=O)OC(COCCCCCCCCCCCCCC)COP(=O)(O)OCC(O)CO. The molecular formula is C40H73O9P. The number of aliphatic hydroxyl groups excluding tert-OH is 2. The van der Waals surface area contributed by atoms with Crippen molar-refractivity contribution < 1.29 is 43.0 Å². The van der Waals surface area contributed by atoms with Gasteiger partial charge in [-0.25, -0.2) is 4.57 Å². The quantitative estimate of drug-likeness (QED) is 0.0247. The number of hydrogen-bond acceptors (Lipinski definition) is 8. The van der Waals surface area contributed by atoms with Crippen molar-refractivity contribution in [1.82, 2.24) is 0 Å². The lowest BCUT2D eigenvalue weighted by Crippen LogP contribution is -2.29. The predicted octanol–water partition coefficient (Wildman–Crippen LogP) is 10.2. The van der Waals surface area contributed by atoms with Crippen LogP contribution in [0.5, 0.6) is 0 Å². The molecular weight excluding hydrogens is 655 g/mol. The van der Waals surface area contributed by atoms with Crippen molar-refractivity contribution in [3.8, 4) is 0 Å². The van der Waals surface area contributed by atoms with E-state index in [1.165, 1.54) is 57.8 Å². The topological polar surface area (TPSA) is 132 Å². The van der Waals surface area contributed by atoms with E-state index in [4.69, 9.17) is 23.6 Å². The van der Waals surface area contributed by atoms with Gasteiger partial charge in [0.15, 0.2) is 0 Å². The van der Waals surface area contributed by atoms with Gasteiger partial charge in [0, 0.05) is 13.0 Å². The van der Waals surface area contributed by atoms with Gasteiger partial charge in [-0.1, -0.05) is 146 Å². The summed E-state index contributed by atoms with van der Waals surface area (Å²) < 4.78 is 33.2. The summed E-state index contributed by atoms with van der Waals surface area (Å²) in [5.74, 6) is -0.407. The van der Waals surface area contributed by atoms with Gasteiger partial charge in [0.25, 0.3) is 0 Å². The number of carbonyl (C=O) groups is 1. The Morgan fingerprint density at radius 3 is 1.72 bits per heavy atom. The Morgan fingerprint density at radius 2 is 1.14 bits per heavy atom. The van der Waals surface area contributed by atoms with Crippen LogP contribution in [0.3, 0.4) is 0 Å². The van der Waals surface area contributed by atoms with Gasteiger partial charge in [-0.3, -0.25) is 13.8 Å². The molecule has 0 rings (SSSR count). The number of hydrogen-bond donors (Lipinski definition) is 3. The molecule has 50 heavy (non-hydrogen) atoms. The zero-order chi connectivity index (χ0) is 36.8. The van der Waals surface area contributed by atoms with Crippen molar-refractivity contribution in [2.45, 2.75) is 167 Å². The van der Waals surface area contributed by atoms with E-state index in [1.54, 1.807) is 0 Å². The molecule has 0 aromatic heterocycles. The second-order valence-electron chi connectivity index (χ2n) is 12.9. The molecule has 0 heterocycles. The molecule has 9 nitrogen and oxygen atoms in total. The van der Waals surface area contributed by atoms with Gasteiger partial charge in [0.1, 0.15) is 12.2 Å². The number of carbonyl (C=O) groups excluding carboxylic acids is 1. The number of ether oxygens (including phenoxy) is 2. The molecule has 10 heteroatoms. The van der Waals surface area contributed by atoms with Gasteiger partial charge < -0.3 is 24.6 Å². The summed E-state index contributed by atoms with van der Waals surface area (Å²) in [6.45, 7) is 3.36. The first-order valence-corrected chi connectivity index (χ1v) is 21.1. The highest BCUT2D eigenvalue weighted by molar-refractivity contribution is 7.47. The van der Waals surface area contributed by atoms with Gasteiger partial charge in [-0.15, -0.1) is 0 Å². The van der Waals surface area contributed by atoms with E-state index in [-0.39, 0.29) is 19.6 Å². The first kappa shape index (κ1) is 48.4. The molecule has 0 amide bonds. The van der Waals surface area contributed by atoms with Gasteiger partial charge in [-0.2, -0.15) is 0 Å². The van der Waals surface area contributed by atoms with E-state index in [1.807, 2.05) is 0 Å². The predicted molar refractivity (Wildman–Crippen MR) is 205 cm³/mol. The molecule has 0 saturated carbocycles. The van der Waals surface area contributed by atoms with Crippen molar-refractivity contribution in [2.75, 3.05) is 33.0 Å². The summed E-state index contributed by atoms with van der Waals surface area (Å²) in [5.41, 5.74) is 0. The van der Waals surface area contributed by atoms with E-state index in [0.717, 1.165) is 70.6 Å². The van der Waals surface area contributed by atoms with Crippen LogP contribution >= 0.6 is 7.82 Å². The molecule has 0 spiro atoms. The minimum Gasteiger partial charge on any atom is -0.457 e. The maximum Gasteiger partial charge on any atom is 0.472 e. The highest BCUT2D eigenvalue weighted by Gasteiger charge is 2.26. The van der Waals surface area contributed by atoms with Crippen LogP contribution in [0.15, 0.2) is 48.6 Å². The van der Waals surface area contributed by atoms with Gasteiger partial charge in [0.05, 0.1) is 26.4 Å². The molecule has 3 atom stereocenters. The molecule has 0 saturated heterocycles. The maximum absolute atomic E-state index is 12.6. The molecule has 0 bridgehead atoms. The van der Waals surface area contributed by atoms with Crippen LogP contribution in [0.1, 0.15) is 155 Å². The minimum atomic E-state index is -4.52. The Bertz CT molecular complexity index is 919. The summed E-state index contributed by atoms with van der Waals surface area (Å²) in [7, 11) is -4.52. The number of esters is 1. The van der Waals surface area contributed by atoms with E-state index >= 15 is 0 Å². The molecule has 3 unspecified atom stereocenters. The Balaban J connectivity index is 4.27. The number of phosphoric acid groups is 1. The third-order valence-corrected chi connectivity index (χ3v) is 8.98. The monoisotopic (exact) mass is 728 g/mol. The molecule has 0 aliphatic heterocycles. The van der Waals surface area contributed by atoms with Crippen LogP contribution in [0.2, 0.25) is 0 Å². The number of rotatable bonds is 37. The second-order valence-corrected chi connectivity index (χ2v) is 14.4. The Labute approximate surface area is 305 Å². The lowest BCUT2D eigenvalue weighted by atomic mass is 10.1. The third-order valence-electron chi connectivity index (χ3n) is 8.03. The van der Waals surface area contributed by atoms with E-state index in [9.17, 15) is 19.4 Å². The second kappa shape index (κ2) is 37.2. The van der Waals surface area contributed by atoms with Crippen molar-refractivity contribution in [3.05, 3.63) is 48.6 Å². The lowest BCUT2D eigenvalue weighted by Gasteiger charge is -2.20. The zero-order valence-corrected chi connectivity index (χ0v) is 32.5. The Morgan fingerprint density at radius 1 is 0.640 bits per heavy atom. The van der Waals surface area contributed by atoms with Crippen LogP contribution < -0.4 is 0 Å². The van der Waals surface area contributed by atoms with Crippen molar-refractivity contribution >= 4 is 13.8 Å². The van der Waals surface area contributed by atoms with Crippen LogP contribution in [0.25, 0.3) is 0 Å². The fraction of sp³-hybridized carbons (Fsp3) is 0.775. The van der Waals surface area contributed by atoms with Crippen LogP contribution in [0.4, 0.5) is 0 Å². The van der Waals surface area contributed by atoms with Crippen LogP contribution in [-0.2, 0) is 27.9 Å². The molecule has 0 aromatic rings. The molecule has 0 aliphatic carbocycles. The largest absolute Gasteiger partial charge is 0.472 e. The van der Waals surface area contributed by atoms with Gasteiger partial charge >= 0.3 is 13.8 Å². The first-order valence-electron chi connectivity index (χ1n) is 19.6. The maximum atomic E-state index is 12.6. The molecule has 0 radical (unpaired) electrons. The molecule has 0 fully saturated rings. The Kier molecular flexibility index (Phi) is 36.0. The summed E-state index contributed by atoms with van der Waals surface area (Å²) in [6.07, 6.45) is 39.2. The van der Waals surface area contributed by atoms with Gasteiger partial charge in [0.2, 0.25) is 0 Å². The fourth-order valence-corrected chi connectivity index (χ4v) is 5.84. The van der Waals surface area contributed by atoms with E-state index in [2.05, 4.69) is 62.5 Å². The van der Waals surface area contributed by atoms with Crippen molar-refractivity contribution in [2.24, 2.45) is 0 Å². The molecule has 292 valence electrons. The zero-order valence-electron chi connectivity index (χ0n) is 31.6. The number of phosphoric ester groups is 1. The first-order chi connectivity index (χ1) is 24.3. The average Bonchev–Trinajstić information content (AvgIpc) is 3.10. The fourth-order valence-electron chi connectivity index (χ4n) is 5.05. The highest BCUT2D eigenvalue weighted by atomic mass is 31.2. The van der Waals surface area contributed by atoms with E-state index in [0.29, 0.717) is 13.0 Å². The van der Waals surface area contributed by atoms with Crippen molar-refractivity contribution in [1.29, 1.82) is 0 Å².